The quantitative estimate of drug-likeness (QED) is 0.911. The summed E-state index contributed by atoms with van der Waals surface area (Å²) >= 11 is 0. The van der Waals surface area contributed by atoms with Crippen LogP contribution in [0.15, 0.2) is 6.20 Å². The summed E-state index contributed by atoms with van der Waals surface area (Å²) in [5.74, 6) is 0.812. The number of nitrogens with one attached hydrogen (secondary N) is 1. The lowest BCUT2D eigenvalue weighted by molar-refractivity contribution is -0.0281. The monoisotopic (exact) mass is 278 g/mol. The van der Waals surface area contributed by atoms with Gasteiger partial charge in [0.2, 0.25) is 5.95 Å². The maximum Gasteiger partial charge on any atom is 0.225 e. The molecule has 0 amide bonds. The lowest BCUT2D eigenvalue weighted by atomic mass is 10.1. The van der Waals surface area contributed by atoms with Crippen LogP contribution < -0.4 is 10.2 Å². The number of morpholine rings is 1. The topological polar surface area (TPSA) is 50.3 Å². The lowest BCUT2D eigenvalue weighted by Crippen LogP contribution is -2.49. The van der Waals surface area contributed by atoms with Gasteiger partial charge in [0.05, 0.1) is 12.2 Å². The first-order valence-electron chi connectivity index (χ1n) is 7.32. The summed E-state index contributed by atoms with van der Waals surface area (Å²) in [5, 5.41) is 3.40. The van der Waals surface area contributed by atoms with Crippen LogP contribution in [0.4, 0.5) is 5.95 Å². The van der Waals surface area contributed by atoms with Crippen molar-refractivity contribution in [3.63, 3.8) is 0 Å². The van der Waals surface area contributed by atoms with Gasteiger partial charge in [-0.15, -0.1) is 0 Å². The Morgan fingerprint density at radius 1 is 1.45 bits per heavy atom. The molecule has 1 saturated heterocycles. The van der Waals surface area contributed by atoms with Crippen molar-refractivity contribution in [2.24, 2.45) is 0 Å². The van der Waals surface area contributed by atoms with Crippen LogP contribution in [0.5, 0.6) is 0 Å². The number of hydrogen-bond acceptors (Lipinski definition) is 5. The highest BCUT2D eigenvalue weighted by Crippen LogP contribution is 2.20. The van der Waals surface area contributed by atoms with E-state index in [0.29, 0.717) is 6.04 Å². The van der Waals surface area contributed by atoms with Crippen LogP contribution in [0.1, 0.15) is 39.0 Å². The predicted octanol–water partition coefficient (Wildman–Crippen LogP) is 1.90. The molecule has 2 heterocycles. The molecule has 0 saturated carbocycles. The predicted molar refractivity (Wildman–Crippen MR) is 81.0 cm³/mol. The highest BCUT2D eigenvalue weighted by Gasteiger charge is 2.28. The summed E-state index contributed by atoms with van der Waals surface area (Å²) in [6.45, 7) is 13.8. The van der Waals surface area contributed by atoms with Crippen molar-refractivity contribution in [2.75, 3.05) is 24.6 Å². The van der Waals surface area contributed by atoms with Crippen LogP contribution in [0.2, 0.25) is 0 Å². The second kappa shape index (κ2) is 6.06. The van der Waals surface area contributed by atoms with Gasteiger partial charge in [0.25, 0.3) is 0 Å². The molecule has 20 heavy (non-hydrogen) atoms. The second-order valence-electron chi connectivity index (χ2n) is 6.35. The zero-order chi connectivity index (χ0) is 14.8. The minimum atomic E-state index is -0.132. The summed E-state index contributed by atoms with van der Waals surface area (Å²) in [7, 11) is 0. The molecule has 2 rings (SSSR count). The van der Waals surface area contributed by atoms with Crippen molar-refractivity contribution in [2.45, 2.75) is 52.8 Å². The minimum absolute atomic E-state index is 0.132. The van der Waals surface area contributed by atoms with Gasteiger partial charge in [-0.25, -0.2) is 9.97 Å². The molecule has 112 valence electrons. The van der Waals surface area contributed by atoms with Crippen LogP contribution in [0.25, 0.3) is 0 Å². The van der Waals surface area contributed by atoms with Gasteiger partial charge in [-0.05, 0) is 20.8 Å². The largest absolute Gasteiger partial charge is 0.372 e. The molecule has 1 aromatic rings. The summed E-state index contributed by atoms with van der Waals surface area (Å²) in [6.07, 6.45) is 1.94. The number of rotatable bonds is 4. The lowest BCUT2D eigenvalue weighted by Gasteiger charge is -2.38. The van der Waals surface area contributed by atoms with E-state index in [0.717, 1.165) is 43.4 Å². The average Bonchev–Trinajstić information content (AvgIpc) is 2.36. The van der Waals surface area contributed by atoms with E-state index in [1.54, 1.807) is 0 Å². The molecule has 0 aliphatic carbocycles. The molecule has 5 nitrogen and oxygen atoms in total. The summed E-state index contributed by atoms with van der Waals surface area (Å²) < 4.78 is 5.73. The van der Waals surface area contributed by atoms with Gasteiger partial charge in [-0.2, -0.15) is 0 Å². The third-order valence-corrected chi connectivity index (χ3v) is 3.48. The van der Waals surface area contributed by atoms with Crippen LogP contribution in [-0.4, -0.2) is 41.3 Å². The molecule has 1 aliphatic rings. The fourth-order valence-corrected chi connectivity index (χ4v) is 2.31. The molecule has 1 aliphatic heterocycles. The van der Waals surface area contributed by atoms with Crippen LogP contribution in [0.3, 0.4) is 0 Å². The van der Waals surface area contributed by atoms with E-state index >= 15 is 0 Å². The van der Waals surface area contributed by atoms with E-state index in [9.17, 15) is 0 Å². The van der Waals surface area contributed by atoms with E-state index in [2.05, 4.69) is 47.9 Å². The van der Waals surface area contributed by atoms with Gasteiger partial charge in [0.15, 0.2) is 0 Å². The van der Waals surface area contributed by atoms with Gasteiger partial charge in [-0.3, -0.25) is 0 Å². The summed E-state index contributed by atoms with van der Waals surface area (Å²) in [6, 6.07) is 0.467. The molecule has 1 N–H and O–H groups in total. The molecular weight excluding hydrogens is 252 g/mol. The molecule has 5 heteroatoms. The zero-order valence-corrected chi connectivity index (χ0v) is 13.2. The van der Waals surface area contributed by atoms with Crippen molar-refractivity contribution in [1.82, 2.24) is 15.3 Å². The molecule has 0 unspecified atom stereocenters. The molecule has 0 spiro atoms. The second-order valence-corrected chi connectivity index (χ2v) is 6.35. The van der Waals surface area contributed by atoms with Crippen molar-refractivity contribution in [3.8, 4) is 0 Å². The molecule has 0 atom stereocenters. The van der Waals surface area contributed by atoms with Crippen molar-refractivity contribution in [3.05, 3.63) is 17.5 Å². The Labute approximate surface area is 121 Å². The Kier molecular flexibility index (Phi) is 4.60. The molecule has 0 aromatic carbocycles. The molecule has 1 fully saturated rings. The maximum absolute atomic E-state index is 5.73. The third kappa shape index (κ3) is 3.90. The van der Waals surface area contributed by atoms with Crippen LogP contribution in [0, 0.1) is 6.92 Å². The summed E-state index contributed by atoms with van der Waals surface area (Å²) in [5.41, 5.74) is 2.08. The standard InChI is InChI=1S/C15H26N4O/c1-11(2)16-8-13-9-17-14(18-12(13)3)19-6-7-20-15(4,5)10-19/h9,11,16H,6-8,10H2,1-5H3. The number of aromatic nitrogens is 2. The van der Waals surface area contributed by atoms with Crippen LogP contribution in [-0.2, 0) is 11.3 Å². The Hall–Kier alpha value is -1.20. The highest BCUT2D eigenvalue weighted by molar-refractivity contribution is 5.34. The van der Waals surface area contributed by atoms with Gasteiger partial charge >= 0.3 is 0 Å². The first-order valence-corrected chi connectivity index (χ1v) is 7.32. The fraction of sp³-hybridized carbons (Fsp3) is 0.733. The van der Waals surface area contributed by atoms with E-state index in [4.69, 9.17) is 4.74 Å². The molecule has 0 bridgehead atoms. The van der Waals surface area contributed by atoms with Gasteiger partial charge < -0.3 is 15.0 Å². The Balaban J connectivity index is 2.08. The zero-order valence-electron chi connectivity index (χ0n) is 13.2. The van der Waals surface area contributed by atoms with E-state index in [1.807, 2.05) is 13.1 Å². The highest BCUT2D eigenvalue weighted by atomic mass is 16.5. The van der Waals surface area contributed by atoms with E-state index in [1.165, 1.54) is 0 Å². The Bertz CT molecular complexity index is 459. The number of nitrogens with zero attached hydrogens (tertiary/aromatic N) is 3. The fourth-order valence-electron chi connectivity index (χ4n) is 2.31. The first-order chi connectivity index (χ1) is 9.37. The number of anilines is 1. The van der Waals surface area contributed by atoms with Gasteiger partial charge in [0.1, 0.15) is 0 Å². The van der Waals surface area contributed by atoms with Gasteiger partial charge in [-0.1, -0.05) is 13.8 Å². The Morgan fingerprint density at radius 2 is 2.20 bits per heavy atom. The van der Waals surface area contributed by atoms with Crippen LogP contribution >= 0.6 is 0 Å². The van der Waals surface area contributed by atoms with Crippen molar-refractivity contribution in [1.29, 1.82) is 0 Å². The average molecular weight is 278 g/mol. The number of hydrogen-bond donors (Lipinski definition) is 1. The van der Waals surface area contributed by atoms with E-state index < -0.39 is 0 Å². The molecule has 1 aromatic heterocycles. The van der Waals surface area contributed by atoms with E-state index in [-0.39, 0.29) is 5.60 Å². The van der Waals surface area contributed by atoms with Gasteiger partial charge in [0, 0.05) is 43.1 Å². The minimum Gasteiger partial charge on any atom is -0.372 e. The SMILES string of the molecule is Cc1nc(N2CCOC(C)(C)C2)ncc1CNC(C)C. The normalized spacial score (nSPS) is 18.6. The smallest absolute Gasteiger partial charge is 0.225 e. The van der Waals surface area contributed by atoms with Crippen molar-refractivity contribution >= 4 is 5.95 Å². The number of aryl methyl sites for hydroxylation is 1. The summed E-state index contributed by atoms with van der Waals surface area (Å²) in [4.78, 5) is 11.4. The first kappa shape index (κ1) is 15.2. The molecule has 0 radical (unpaired) electrons. The molecular formula is C15H26N4O. The maximum atomic E-state index is 5.73. The Morgan fingerprint density at radius 3 is 2.80 bits per heavy atom. The van der Waals surface area contributed by atoms with Crippen molar-refractivity contribution < 1.29 is 4.74 Å². The third-order valence-electron chi connectivity index (χ3n) is 3.48. The number of ether oxygens (including phenoxy) is 1.